The van der Waals surface area contributed by atoms with Gasteiger partial charge in [-0.2, -0.15) is 0 Å². The monoisotopic (exact) mass is 512 g/mol. The number of aliphatic hydroxyl groups excluding tert-OH is 5. The number of rotatable bonds is 4. The van der Waals surface area contributed by atoms with Crippen LogP contribution in [0.3, 0.4) is 0 Å². The number of hydrogen-bond acceptors (Lipinski definition) is 8. The molecule has 1 saturated heterocycles. The number of carboxylic acids is 1. The molecule has 0 amide bonds. The molecule has 0 spiro atoms. The molecule has 5 aliphatic rings. The van der Waals surface area contributed by atoms with Crippen LogP contribution >= 0.6 is 0 Å². The van der Waals surface area contributed by atoms with Crippen LogP contribution < -0.4 is 0 Å². The zero-order chi connectivity index (χ0) is 26.2. The quantitative estimate of drug-likeness (QED) is 0.305. The van der Waals surface area contributed by atoms with Crippen LogP contribution in [0.2, 0.25) is 0 Å². The third kappa shape index (κ3) is 4.05. The number of ether oxygens (including phenoxy) is 2. The first kappa shape index (κ1) is 26.8. The molecule has 206 valence electrons. The minimum atomic E-state index is -1.76. The van der Waals surface area contributed by atoms with Crippen LogP contribution in [0.25, 0.3) is 0 Å². The molecule has 1 aliphatic heterocycles. The van der Waals surface area contributed by atoms with Gasteiger partial charge in [0.05, 0.1) is 18.3 Å². The summed E-state index contributed by atoms with van der Waals surface area (Å²) in [6, 6.07) is 0. The molecule has 1 heterocycles. The Morgan fingerprint density at radius 3 is 2.22 bits per heavy atom. The van der Waals surface area contributed by atoms with Gasteiger partial charge in [-0.3, -0.25) is 0 Å². The second-order valence-corrected chi connectivity index (χ2v) is 13.0. The zero-order valence-electron chi connectivity index (χ0n) is 21.6. The maximum Gasteiger partial charge on any atom is 0.335 e. The Hall–Kier alpha value is -0.810. The lowest BCUT2D eigenvalue weighted by atomic mass is 9.44. The van der Waals surface area contributed by atoms with Crippen molar-refractivity contribution in [2.45, 2.75) is 121 Å². The molecule has 6 N–H and O–H groups in total. The summed E-state index contributed by atoms with van der Waals surface area (Å²) >= 11 is 0. The van der Waals surface area contributed by atoms with Crippen molar-refractivity contribution in [2.24, 2.45) is 40.4 Å². The maximum absolute atomic E-state index is 11.6. The highest BCUT2D eigenvalue weighted by atomic mass is 16.7. The Bertz CT molecular complexity index is 836. The molecule has 15 atom stereocenters. The van der Waals surface area contributed by atoms with Crippen LogP contribution in [-0.2, 0) is 14.3 Å². The minimum absolute atomic E-state index is 0.00360. The van der Waals surface area contributed by atoms with Gasteiger partial charge in [0.15, 0.2) is 12.4 Å². The van der Waals surface area contributed by atoms with E-state index in [0.717, 1.165) is 38.5 Å². The predicted octanol–water partition coefficient (Wildman–Crippen LogP) is 1.27. The second kappa shape index (κ2) is 9.43. The lowest BCUT2D eigenvalue weighted by Gasteiger charge is -2.63. The highest BCUT2D eigenvalue weighted by molar-refractivity contribution is 5.73. The van der Waals surface area contributed by atoms with Gasteiger partial charge in [0, 0.05) is 0 Å². The standard InChI is InChI=1S/C27H44O9/c1-12(28)15-4-5-16-14-11-19(35-25-22(32)20(30)21(31)23(36-25)24(33)34)18-10-13(29)6-8-27(18,3)17(14)7-9-26(15,16)2/h12-23,25,28-32H,4-11H2,1-3H3,(H,33,34)/t12-,13-,14-,15+,16-,17-,18-,19-,20-,21-,22+,23-,25?,26+,27+/m0/s1. The first-order valence-electron chi connectivity index (χ1n) is 13.8. The number of aliphatic hydroxyl groups is 5. The van der Waals surface area contributed by atoms with Crippen molar-refractivity contribution in [1.29, 1.82) is 0 Å². The van der Waals surface area contributed by atoms with E-state index in [1.807, 2.05) is 6.92 Å². The Balaban J connectivity index is 1.45. The molecular formula is C27H44O9. The topological polar surface area (TPSA) is 157 Å². The number of hydrogen-bond donors (Lipinski definition) is 6. The summed E-state index contributed by atoms with van der Waals surface area (Å²) in [5.74, 6) is 0.0873. The number of carbonyl (C=O) groups is 1. The molecule has 1 unspecified atom stereocenters. The van der Waals surface area contributed by atoms with Gasteiger partial charge in [0.2, 0.25) is 0 Å². The van der Waals surface area contributed by atoms with E-state index < -0.39 is 48.9 Å². The van der Waals surface area contributed by atoms with Crippen molar-refractivity contribution in [2.75, 3.05) is 0 Å². The van der Waals surface area contributed by atoms with Crippen LogP contribution in [-0.4, -0.2) is 85.6 Å². The van der Waals surface area contributed by atoms with Crippen LogP contribution in [0.1, 0.15) is 72.1 Å². The lowest BCUT2D eigenvalue weighted by Crippen LogP contribution is -2.63. The van der Waals surface area contributed by atoms with Crippen molar-refractivity contribution >= 4 is 5.97 Å². The molecule has 4 aliphatic carbocycles. The van der Waals surface area contributed by atoms with Gasteiger partial charge in [-0.05, 0) is 98.7 Å². The van der Waals surface area contributed by atoms with E-state index in [9.17, 15) is 35.4 Å². The van der Waals surface area contributed by atoms with Gasteiger partial charge in [-0.25, -0.2) is 4.79 Å². The Morgan fingerprint density at radius 1 is 0.889 bits per heavy atom. The summed E-state index contributed by atoms with van der Waals surface area (Å²) in [7, 11) is 0. The summed E-state index contributed by atoms with van der Waals surface area (Å²) in [4.78, 5) is 11.6. The molecule has 9 heteroatoms. The van der Waals surface area contributed by atoms with E-state index in [1.54, 1.807) is 0 Å². The van der Waals surface area contributed by atoms with E-state index in [1.165, 1.54) is 0 Å². The SMILES string of the molecule is C[C@H](O)[C@H]1CC[C@H]2[C@@H]3C[C@H](OC4O[C@H](C(=O)O)[C@@H](O)[C@H](O)[C@H]4O)[C@@H]4C[C@@H](O)CC[C@]4(C)[C@H]3CC[C@]12C. The largest absolute Gasteiger partial charge is 0.479 e. The zero-order valence-corrected chi connectivity index (χ0v) is 21.6. The summed E-state index contributed by atoms with van der Waals surface area (Å²) in [5.41, 5.74) is -0.0339. The van der Waals surface area contributed by atoms with Gasteiger partial charge >= 0.3 is 5.97 Å². The molecule has 5 fully saturated rings. The van der Waals surface area contributed by atoms with Gasteiger partial charge in [-0.15, -0.1) is 0 Å². The molecule has 36 heavy (non-hydrogen) atoms. The Labute approximate surface area is 212 Å². The van der Waals surface area contributed by atoms with Crippen molar-refractivity contribution in [3.05, 3.63) is 0 Å². The highest BCUT2D eigenvalue weighted by Crippen LogP contribution is 2.68. The minimum Gasteiger partial charge on any atom is -0.479 e. The molecule has 5 rings (SSSR count). The van der Waals surface area contributed by atoms with Crippen molar-refractivity contribution in [3.8, 4) is 0 Å². The fourth-order valence-corrected chi connectivity index (χ4v) is 9.57. The average molecular weight is 513 g/mol. The van der Waals surface area contributed by atoms with E-state index >= 15 is 0 Å². The second-order valence-electron chi connectivity index (χ2n) is 13.0. The third-order valence-electron chi connectivity index (χ3n) is 11.4. The lowest BCUT2D eigenvalue weighted by molar-refractivity contribution is -0.321. The highest BCUT2D eigenvalue weighted by Gasteiger charge is 2.63. The van der Waals surface area contributed by atoms with Gasteiger partial charge in [0.1, 0.15) is 18.3 Å². The molecule has 0 aromatic rings. The molecular weight excluding hydrogens is 468 g/mol. The van der Waals surface area contributed by atoms with Crippen molar-refractivity contribution in [3.63, 3.8) is 0 Å². The maximum atomic E-state index is 11.6. The van der Waals surface area contributed by atoms with Gasteiger partial charge in [-0.1, -0.05) is 13.8 Å². The molecule has 9 nitrogen and oxygen atoms in total. The van der Waals surface area contributed by atoms with Gasteiger partial charge in [0.25, 0.3) is 0 Å². The van der Waals surface area contributed by atoms with Crippen LogP contribution in [0.15, 0.2) is 0 Å². The van der Waals surface area contributed by atoms with Crippen LogP contribution in [0.4, 0.5) is 0 Å². The van der Waals surface area contributed by atoms with E-state index in [4.69, 9.17) is 9.47 Å². The molecule has 0 bridgehead atoms. The summed E-state index contributed by atoms with van der Waals surface area (Å²) in [6.45, 7) is 6.53. The Kier molecular flexibility index (Phi) is 7.02. The fourth-order valence-electron chi connectivity index (χ4n) is 9.57. The van der Waals surface area contributed by atoms with Crippen molar-refractivity contribution < 1.29 is 44.9 Å². The first-order valence-corrected chi connectivity index (χ1v) is 13.8. The molecule has 0 aromatic carbocycles. The third-order valence-corrected chi connectivity index (χ3v) is 11.4. The van der Waals surface area contributed by atoms with Gasteiger partial charge < -0.3 is 40.1 Å². The summed E-state index contributed by atoms with van der Waals surface area (Å²) in [6.07, 6.45) is -2.25. The van der Waals surface area contributed by atoms with Crippen molar-refractivity contribution in [1.82, 2.24) is 0 Å². The number of fused-ring (bicyclic) bond motifs is 5. The normalized spacial score (nSPS) is 55.8. The summed E-state index contributed by atoms with van der Waals surface area (Å²) < 4.78 is 11.9. The Morgan fingerprint density at radius 2 is 1.56 bits per heavy atom. The van der Waals surface area contributed by atoms with E-state index in [2.05, 4.69) is 13.8 Å². The van der Waals surface area contributed by atoms with Crippen LogP contribution in [0.5, 0.6) is 0 Å². The van der Waals surface area contributed by atoms with Crippen LogP contribution in [0, 0.1) is 40.4 Å². The molecule has 0 radical (unpaired) electrons. The van der Waals surface area contributed by atoms with E-state index in [-0.39, 0.29) is 28.8 Å². The first-order chi connectivity index (χ1) is 16.9. The fraction of sp³-hybridized carbons (Fsp3) is 0.963. The smallest absolute Gasteiger partial charge is 0.335 e. The number of aliphatic carboxylic acids is 1. The number of carboxylic acid groups (broad SMARTS) is 1. The molecule has 4 saturated carbocycles. The predicted molar refractivity (Wildman–Crippen MR) is 127 cm³/mol. The van der Waals surface area contributed by atoms with E-state index in [0.29, 0.717) is 30.6 Å². The average Bonchev–Trinajstić information content (AvgIpc) is 3.17. The molecule has 0 aromatic heterocycles. The summed E-state index contributed by atoms with van der Waals surface area (Å²) in [5, 5.41) is 61.7.